The van der Waals surface area contributed by atoms with Crippen LogP contribution in [0, 0.1) is 6.92 Å². The van der Waals surface area contributed by atoms with Gasteiger partial charge >= 0.3 is 12.1 Å². The Hall–Kier alpha value is -3.76. The van der Waals surface area contributed by atoms with Gasteiger partial charge in [-0.15, -0.1) is 0 Å². The molecule has 1 saturated heterocycles. The molecule has 3 aromatic carbocycles. The maximum absolute atomic E-state index is 14.1. The van der Waals surface area contributed by atoms with E-state index in [1.54, 1.807) is 30.3 Å². The minimum Gasteiger partial charge on any atom is -0.492 e. The molecule has 0 aromatic heterocycles. The van der Waals surface area contributed by atoms with E-state index in [4.69, 9.17) is 23.7 Å². The monoisotopic (exact) mass is 612 g/mol. The first kappa shape index (κ1) is 30.3. The molecular weight excluding hydrogens is 577 g/mol. The summed E-state index contributed by atoms with van der Waals surface area (Å²) in [7, 11) is 1.34. The van der Waals surface area contributed by atoms with E-state index in [1.165, 1.54) is 19.2 Å². The number of fused-ring (bicyclic) bond motifs is 2. The van der Waals surface area contributed by atoms with Crippen LogP contribution in [0.3, 0.4) is 0 Å². The van der Waals surface area contributed by atoms with Crippen LogP contribution in [0.5, 0.6) is 17.2 Å². The maximum Gasteiger partial charge on any atom is 0.416 e. The summed E-state index contributed by atoms with van der Waals surface area (Å²) in [6, 6.07) is 13.1. The SMILES string of the molecule is COC(=O)CC1COc2cc(O[C@@H]3CCc4c(-c5ccc(OCC6(O)CCOCC6)cc5C)cc(C(F)(F)F)cc43)ccc21. The van der Waals surface area contributed by atoms with Gasteiger partial charge in [0, 0.05) is 43.6 Å². The predicted octanol–water partition coefficient (Wildman–Crippen LogP) is 6.71. The third-order valence-electron chi connectivity index (χ3n) is 8.82. The molecule has 1 fully saturated rings. The fraction of sp³-hybridized carbons (Fsp3) is 0.441. The van der Waals surface area contributed by atoms with E-state index in [2.05, 4.69) is 0 Å². The van der Waals surface area contributed by atoms with Crippen molar-refractivity contribution in [1.29, 1.82) is 0 Å². The van der Waals surface area contributed by atoms with Crippen molar-refractivity contribution >= 4 is 5.97 Å². The first-order chi connectivity index (χ1) is 21.0. The molecule has 1 unspecified atom stereocenters. The molecule has 44 heavy (non-hydrogen) atoms. The quantitative estimate of drug-likeness (QED) is 0.283. The number of aliphatic hydroxyl groups is 1. The fourth-order valence-electron chi connectivity index (χ4n) is 6.31. The highest BCUT2D eigenvalue weighted by Gasteiger charge is 2.37. The van der Waals surface area contributed by atoms with Crippen LogP contribution in [-0.2, 0) is 26.9 Å². The van der Waals surface area contributed by atoms with Gasteiger partial charge in [-0.3, -0.25) is 4.79 Å². The van der Waals surface area contributed by atoms with Gasteiger partial charge in [-0.05, 0) is 77.9 Å². The van der Waals surface area contributed by atoms with Gasteiger partial charge < -0.3 is 28.8 Å². The second-order valence-electron chi connectivity index (χ2n) is 11.8. The molecule has 234 valence electrons. The van der Waals surface area contributed by atoms with Gasteiger partial charge in [0.2, 0.25) is 0 Å². The van der Waals surface area contributed by atoms with Crippen molar-refractivity contribution in [2.24, 2.45) is 0 Å². The maximum atomic E-state index is 14.1. The second-order valence-corrected chi connectivity index (χ2v) is 11.8. The Morgan fingerprint density at radius 2 is 1.80 bits per heavy atom. The molecule has 0 spiro atoms. The van der Waals surface area contributed by atoms with Crippen molar-refractivity contribution in [1.82, 2.24) is 0 Å². The summed E-state index contributed by atoms with van der Waals surface area (Å²) >= 11 is 0. The van der Waals surface area contributed by atoms with E-state index >= 15 is 0 Å². The van der Waals surface area contributed by atoms with Crippen LogP contribution in [0.15, 0.2) is 48.5 Å². The Balaban J connectivity index is 1.25. The molecule has 0 bridgehead atoms. The van der Waals surface area contributed by atoms with E-state index in [1.807, 2.05) is 13.0 Å². The van der Waals surface area contributed by atoms with Gasteiger partial charge in [0.25, 0.3) is 0 Å². The number of carbonyl (C=O) groups excluding carboxylic acids is 1. The summed E-state index contributed by atoms with van der Waals surface area (Å²) < 4.78 is 70.5. The number of benzene rings is 3. The number of rotatable bonds is 8. The number of methoxy groups -OCH3 is 1. The number of ether oxygens (including phenoxy) is 5. The number of halogens is 3. The van der Waals surface area contributed by atoms with Crippen LogP contribution in [0.25, 0.3) is 11.1 Å². The van der Waals surface area contributed by atoms with Crippen molar-refractivity contribution in [3.05, 3.63) is 76.3 Å². The zero-order valence-corrected chi connectivity index (χ0v) is 24.7. The Kier molecular flexibility index (Phi) is 8.24. The number of aryl methyl sites for hydroxylation is 1. The van der Waals surface area contributed by atoms with Crippen LogP contribution in [0.4, 0.5) is 13.2 Å². The predicted molar refractivity (Wildman–Crippen MR) is 155 cm³/mol. The van der Waals surface area contributed by atoms with E-state index in [0.29, 0.717) is 79.4 Å². The van der Waals surface area contributed by atoms with E-state index < -0.39 is 23.4 Å². The van der Waals surface area contributed by atoms with Crippen LogP contribution in [0.1, 0.15) is 65.5 Å². The third-order valence-corrected chi connectivity index (χ3v) is 8.82. The van der Waals surface area contributed by atoms with Crippen LogP contribution in [-0.4, -0.2) is 50.2 Å². The lowest BCUT2D eigenvalue weighted by Gasteiger charge is -2.31. The molecule has 10 heteroatoms. The molecule has 7 nitrogen and oxygen atoms in total. The normalized spacial score (nSPS) is 20.4. The molecule has 1 aliphatic carbocycles. The first-order valence-corrected chi connectivity index (χ1v) is 14.8. The number of hydrogen-bond donors (Lipinski definition) is 1. The molecule has 0 saturated carbocycles. The topological polar surface area (TPSA) is 83.5 Å². The molecule has 3 aromatic rings. The standard InChI is InChI=1S/C34H35F3O7/c1-20-13-23(43-19-33(39)9-11-41-12-10-33)3-5-25(20)28-15-22(34(35,36)37)16-29-27(28)7-8-30(29)44-24-4-6-26-21(14-32(38)40-2)18-42-31(26)17-24/h3-6,13,15-17,21,30,39H,7-12,14,18-19H2,1-2H3/t21?,30-/m1/s1. The van der Waals surface area contributed by atoms with Crippen LogP contribution >= 0.6 is 0 Å². The lowest BCUT2D eigenvalue weighted by Crippen LogP contribution is -2.41. The number of carbonyl (C=O) groups is 1. The van der Waals surface area contributed by atoms with Crippen molar-refractivity contribution in [2.75, 3.05) is 33.5 Å². The van der Waals surface area contributed by atoms with E-state index in [9.17, 15) is 23.1 Å². The molecule has 1 N–H and O–H groups in total. The Labute approximate surface area is 253 Å². The number of alkyl halides is 3. The number of hydrogen-bond acceptors (Lipinski definition) is 7. The summed E-state index contributed by atoms with van der Waals surface area (Å²) in [4.78, 5) is 11.8. The summed E-state index contributed by atoms with van der Waals surface area (Å²) in [6.07, 6.45) is -2.86. The highest BCUT2D eigenvalue weighted by molar-refractivity contribution is 5.74. The fourth-order valence-corrected chi connectivity index (χ4v) is 6.31. The molecule has 3 aliphatic rings. The Bertz CT molecular complexity index is 1540. The van der Waals surface area contributed by atoms with Crippen LogP contribution in [0.2, 0.25) is 0 Å². The minimum absolute atomic E-state index is 0.118. The van der Waals surface area contributed by atoms with Gasteiger partial charge in [0.15, 0.2) is 0 Å². The molecule has 2 aliphatic heterocycles. The highest BCUT2D eigenvalue weighted by Crippen LogP contribution is 2.46. The zero-order valence-electron chi connectivity index (χ0n) is 24.7. The summed E-state index contributed by atoms with van der Waals surface area (Å²) in [5.41, 5.74) is 2.51. The average molecular weight is 613 g/mol. The van der Waals surface area contributed by atoms with Crippen molar-refractivity contribution in [2.45, 2.75) is 62.8 Å². The lowest BCUT2D eigenvalue weighted by atomic mass is 9.91. The molecule has 2 heterocycles. The van der Waals surface area contributed by atoms with Gasteiger partial charge in [-0.2, -0.15) is 13.2 Å². The van der Waals surface area contributed by atoms with Crippen molar-refractivity contribution in [3.63, 3.8) is 0 Å². The third kappa shape index (κ3) is 6.23. The lowest BCUT2D eigenvalue weighted by molar-refractivity contribution is -0.141. The molecule has 0 radical (unpaired) electrons. The second kappa shape index (κ2) is 12.0. The average Bonchev–Trinajstić information content (AvgIpc) is 3.59. The van der Waals surface area contributed by atoms with Crippen LogP contribution < -0.4 is 14.2 Å². The molecule has 2 atom stereocenters. The summed E-state index contributed by atoms with van der Waals surface area (Å²) in [5, 5.41) is 10.7. The smallest absolute Gasteiger partial charge is 0.416 e. The highest BCUT2D eigenvalue weighted by atomic mass is 19.4. The van der Waals surface area contributed by atoms with Gasteiger partial charge in [-0.25, -0.2) is 0 Å². The summed E-state index contributed by atoms with van der Waals surface area (Å²) in [5.74, 6) is 1.19. The number of esters is 1. The summed E-state index contributed by atoms with van der Waals surface area (Å²) in [6.45, 7) is 3.26. The molecule has 0 amide bonds. The Morgan fingerprint density at radius 1 is 1.02 bits per heavy atom. The van der Waals surface area contributed by atoms with E-state index in [0.717, 1.165) is 16.7 Å². The molecule has 6 rings (SSSR count). The van der Waals surface area contributed by atoms with Gasteiger partial charge in [0.1, 0.15) is 35.6 Å². The van der Waals surface area contributed by atoms with Gasteiger partial charge in [0.05, 0.1) is 25.7 Å². The zero-order chi connectivity index (χ0) is 31.1. The van der Waals surface area contributed by atoms with Crippen molar-refractivity contribution in [3.8, 4) is 28.4 Å². The first-order valence-electron chi connectivity index (χ1n) is 14.8. The largest absolute Gasteiger partial charge is 0.492 e. The Morgan fingerprint density at radius 3 is 2.52 bits per heavy atom. The molecular formula is C34H35F3O7. The van der Waals surface area contributed by atoms with Gasteiger partial charge in [-0.1, -0.05) is 12.1 Å². The minimum atomic E-state index is -4.54. The van der Waals surface area contributed by atoms with E-state index in [-0.39, 0.29) is 24.9 Å². The van der Waals surface area contributed by atoms with Crippen molar-refractivity contribution < 1.29 is 46.8 Å².